The first-order valence-corrected chi connectivity index (χ1v) is 4.75. The predicted molar refractivity (Wildman–Crippen MR) is 54.2 cm³/mol. The van der Waals surface area contributed by atoms with Crippen LogP contribution in [0.5, 0.6) is 0 Å². The second-order valence-corrected chi connectivity index (χ2v) is 3.42. The molecule has 1 amide bonds. The molecule has 0 saturated heterocycles. The lowest BCUT2D eigenvalue weighted by molar-refractivity contribution is -0.123. The van der Waals surface area contributed by atoms with Gasteiger partial charge in [-0.3, -0.25) is 9.69 Å². The number of amides is 1. The van der Waals surface area contributed by atoms with E-state index >= 15 is 0 Å². The van der Waals surface area contributed by atoms with E-state index in [-0.39, 0.29) is 11.9 Å². The van der Waals surface area contributed by atoms with Crippen LogP contribution in [0.15, 0.2) is 0 Å². The van der Waals surface area contributed by atoms with Crippen molar-refractivity contribution < 1.29 is 4.79 Å². The smallest absolute Gasteiger partial charge is 0.234 e. The minimum atomic E-state index is -0.256. The van der Waals surface area contributed by atoms with E-state index in [1.165, 1.54) is 0 Å². The molecule has 0 rings (SSSR count). The van der Waals surface area contributed by atoms with E-state index in [1.807, 2.05) is 18.9 Å². The van der Waals surface area contributed by atoms with E-state index in [1.54, 1.807) is 0 Å². The molecule has 4 heteroatoms. The Labute approximate surface area is 80.3 Å². The highest BCUT2D eigenvalue weighted by atomic mass is 16.1. The van der Waals surface area contributed by atoms with Gasteiger partial charge in [-0.1, -0.05) is 6.92 Å². The quantitative estimate of drug-likeness (QED) is 0.611. The average Bonchev–Trinajstić information content (AvgIpc) is 2.05. The lowest BCUT2D eigenvalue weighted by Gasteiger charge is -2.30. The van der Waals surface area contributed by atoms with E-state index in [9.17, 15) is 4.79 Å². The summed E-state index contributed by atoms with van der Waals surface area (Å²) >= 11 is 0. The minimum absolute atomic E-state index is 0.165. The van der Waals surface area contributed by atoms with Gasteiger partial charge in [-0.15, -0.1) is 0 Å². The van der Waals surface area contributed by atoms with Crippen molar-refractivity contribution >= 4 is 5.91 Å². The van der Waals surface area contributed by atoms with Crippen molar-refractivity contribution in [3.63, 3.8) is 0 Å². The molecule has 13 heavy (non-hydrogen) atoms. The van der Waals surface area contributed by atoms with E-state index in [4.69, 9.17) is 11.5 Å². The fourth-order valence-electron chi connectivity index (χ4n) is 1.44. The van der Waals surface area contributed by atoms with E-state index in [0.29, 0.717) is 12.6 Å². The fraction of sp³-hybridized carbons (Fsp3) is 0.889. The maximum Gasteiger partial charge on any atom is 0.234 e. The van der Waals surface area contributed by atoms with Gasteiger partial charge in [0.15, 0.2) is 0 Å². The van der Waals surface area contributed by atoms with Crippen molar-refractivity contribution in [2.75, 3.05) is 13.6 Å². The summed E-state index contributed by atoms with van der Waals surface area (Å²) in [4.78, 5) is 13.0. The largest absolute Gasteiger partial charge is 0.368 e. The van der Waals surface area contributed by atoms with Gasteiger partial charge in [0.1, 0.15) is 0 Å². The molecule has 0 heterocycles. The van der Waals surface area contributed by atoms with Crippen LogP contribution in [0.3, 0.4) is 0 Å². The van der Waals surface area contributed by atoms with Crippen molar-refractivity contribution in [2.24, 2.45) is 11.5 Å². The summed E-state index contributed by atoms with van der Waals surface area (Å²) in [5.74, 6) is -0.256. The molecule has 0 aliphatic heterocycles. The Bertz CT molecular complexity index is 161. The number of nitrogens with zero attached hydrogens (tertiary/aromatic N) is 1. The molecule has 0 bridgehead atoms. The lowest BCUT2D eigenvalue weighted by Crippen LogP contribution is -2.46. The molecule has 0 spiro atoms. The Morgan fingerprint density at radius 3 is 2.38 bits per heavy atom. The molecule has 0 aliphatic rings. The van der Waals surface area contributed by atoms with Crippen molar-refractivity contribution in [3.05, 3.63) is 0 Å². The first-order valence-electron chi connectivity index (χ1n) is 4.75. The molecule has 0 aromatic heterocycles. The SMILES string of the molecule is CCC(C(N)=O)N(C)C(C)CCN. The van der Waals surface area contributed by atoms with Crippen LogP contribution in [-0.4, -0.2) is 36.5 Å². The van der Waals surface area contributed by atoms with Crippen LogP contribution >= 0.6 is 0 Å². The lowest BCUT2D eigenvalue weighted by atomic mass is 10.1. The molecule has 0 aliphatic carbocycles. The molecular formula is C9H21N3O. The summed E-state index contributed by atoms with van der Waals surface area (Å²) < 4.78 is 0. The van der Waals surface area contributed by atoms with Gasteiger partial charge in [0, 0.05) is 6.04 Å². The number of rotatable bonds is 6. The van der Waals surface area contributed by atoms with E-state index in [0.717, 1.165) is 12.8 Å². The maximum atomic E-state index is 11.0. The van der Waals surface area contributed by atoms with Gasteiger partial charge in [-0.2, -0.15) is 0 Å². The molecule has 0 aromatic rings. The van der Waals surface area contributed by atoms with Crippen LogP contribution in [0.25, 0.3) is 0 Å². The number of hydrogen-bond acceptors (Lipinski definition) is 3. The van der Waals surface area contributed by atoms with Crippen LogP contribution in [-0.2, 0) is 4.79 Å². The molecule has 0 radical (unpaired) electrons. The zero-order valence-corrected chi connectivity index (χ0v) is 8.79. The van der Waals surface area contributed by atoms with E-state index < -0.39 is 0 Å². The number of likely N-dealkylation sites (N-methyl/N-ethyl adjacent to an activating group) is 1. The Hall–Kier alpha value is -0.610. The summed E-state index contributed by atoms with van der Waals surface area (Å²) in [6, 6.07) is 0.143. The predicted octanol–water partition coefficient (Wildman–Crippen LogP) is -0.0806. The third kappa shape index (κ3) is 3.74. The number of hydrogen-bond donors (Lipinski definition) is 2. The zero-order valence-electron chi connectivity index (χ0n) is 8.79. The molecule has 4 N–H and O–H groups in total. The first-order chi connectivity index (χ1) is 6.04. The molecule has 0 saturated carbocycles. The highest BCUT2D eigenvalue weighted by molar-refractivity contribution is 5.79. The fourth-order valence-corrected chi connectivity index (χ4v) is 1.44. The average molecular weight is 187 g/mol. The van der Waals surface area contributed by atoms with Gasteiger partial charge in [-0.05, 0) is 33.4 Å². The monoisotopic (exact) mass is 187 g/mol. The maximum absolute atomic E-state index is 11.0. The van der Waals surface area contributed by atoms with Gasteiger partial charge in [-0.25, -0.2) is 0 Å². The molecule has 0 aromatic carbocycles. The molecule has 78 valence electrons. The normalized spacial score (nSPS) is 15.8. The Morgan fingerprint density at radius 2 is 2.08 bits per heavy atom. The van der Waals surface area contributed by atoms with Crippen LogP contribution < -0.4 is 11.5 Å². The Kier molecular flexibility index (Phi) is 5.66. The standard InChI is InChI=1S/C9H21N3O/c1-4-8(9(11)13)12(3)7(2)5-6-10/h7-8H,4-6,10H2,1-3H3,(H2,11,13). The highest BCUT2D eigenvalue weighted by Crippen LogP contribution is 2.08. The Balaban J connectivity index is 4.18. The summed E-state index contributed by atoms with van der Waals surface area (Å²) in [5, 5.41) is 0. The summed E-state index contributed by atoms with van der Waals surface area (Å²) in [5.41, 5.74) is 10.7. The van der Waals surface area contributed by atoms with Gasteiger partial charge in [0.25, 0.3) is 0 Å². The molecular weight excluding hydrogens is 166 g/mol. The molecule has 2 atom stereocenters. The molecule has 0 fully saturated rings. The topological polar surface area (TPSA) is 72.4 Å². The van der Waals surface area contributed by atoms with Gasteiger partial charge >= 0.3 is 0 Å². The van der Waals surface area contributed by atoms with Crippen molar-refractivity contribution in [3.8, 4) is 0 Å². The number of nitrogens with two attached hydrogens (primary N) is 2. The third-order valence-electron chi connectivity index (χ3n) is 2.49. The van der Waals surface area contributed by atoms with Crippen molar-refractivity contribution in [1.82, 2.24) is 4.90 Å². The van der Waals surface area contributed by atoms with Crippen molar-refractivity contribution in [2.45, 2.75) is 38.8 Å². The molecule has 2 unspecified atom stereocenters. The number of carbonyl (C=O) groups excluding carboxylic acids is 1. The third-order valence-corrected chi connectivity index (χ3v) is 2.49. The van der Waals surface area contributed by atoms with Crippen LogP contribution in [0.4, 0.5) is 0 Å². The van der Waals surface area contributed by atoms with Crippen LogP contribution in [0.1, 0.15) is 26.7 Å². The number of primary amides is 1. The Morgan fingerprint density at radius 1 is 1.54 bits per heavy atom. The highest BCUT2D eigenvalue weighted by Gasteiger charge is 2.21. The van der Waals surface area contributed by atoms with Crippen molar-refractivity contribution in [1.29, 1.82) is 0 Å². The van der Waals surface area contributed by atoms with Crippen LogP contribution in [0, 0.1) is 0 Å². The van der Waals surface area contributed by atoms with E-state index in [2.05, 4.69) is 6.92 Å². The van der Waals surface area contributed by atoms with Gasteiger partial charge < -0.3 is 11.5 Å². The zero-order chi connectivity index (χ0) is 10.4. The summed E-state index contributed by atoms with van der Waals surface area (Å²) in [6.07, 6.45) is 1.64. The summed E-state index contributed by atoms with van der Waals surface area (Å²) in [6.45, 7) is 4.65. The summed E-state index contributed by atoms with van der Waals surface area (Å²) in [7, 11) is 1.92. The van der Waals surface area contributed by atoms with Crippen LogP contribution in [0.2, 0.25) is 0 Å². The second kappa shape index (κ2) is 5.94. The van der Waals surface area contributed by atoms with Gasteiger partial charge in [0.2, 0.25) is 5.91 Å². The van der Waals surface area contributed by atoms with Gasteiger partial charge in [0.05, 0.1) is 6.04 Å². The number of carbonyl (C=O) groups is 1. The first kappa shape index (κ1) is 12.4. The minimum Gasteiger partial charge on any atom is -0.368 e. The second-order valence-electron chi connectivity index (χ2n) is 3.42. The molecule has 4 nitrogen and oxygen atoms in total.